The Morgan fingerprint density at radius 1 is 1.29 bits per heavy atom. The van der Waals surface area contributed by atoms with Crippen molar-refractivity contribution in [1.82, 2.24) is 0 Å². The van der Waals surface area contributed by atoms with Crippen LogP contribution >= 0.6 is 11.3 Å². The highest BCUT2D eigenvalue weighted by Gasteiger charge is 2.07. The minimum atomic E-state index is -0.669. The molecule has 1 aromatic heterocycles. The molecule has 14 heavy (non-hydrogen) atoms. The number of carbonyl (C=O) groups excluding carboxylic acids is 1. The minimum Gasteiger partial charge on any atom is -0.365 e. The Labute approximate surface area is 83.8 Å². The van der Waals surface area contributed by atoms with Crippen molar-refractivity contribution in [3.8, 4) is 0 Å². The lowest BCUT2D eigenvalue weighted by Gasteiger charge is -1.97. The molecule has 0 fully saturated rings. The molecular formula is C10H7NO2S. The Morgan fingerprint density at radius 2 is 2.00 bits per heavy atom. The van der Waals surface area contributed by atoms with Crippen LogP contribution in [0.15, 0.2) is 35.1 Å². The van der Waals surface area contributed by atoms with Gasteiger partial charge in [-0.15, -0.1) is 0 Å². The maximum atomic E-state index is 11.4. The molecule has 2 rings (SSSR count). The second-order valence-electron chi connectivity index (χ2n) is 2.85. The van der Waals surface area contributed by atoms with Gasteiger partial charge in [0.15, 0.2) is 0 Å². The summed E-state index contributed by atoms with van der Waals surface area (Å²) in [6, 6.07) is 8.92. The second-order valence-corrected chi connectivity index (χ2v) is 3.86. The van der Waals surface area contributed by atoms with Gasteiger partial charge in [0.25, 0.3) is 5.91 Å². The second kappa shape index (κ2) is 3.23. The molecule has 1 amide bonds. The van der Waals surface area contributed by atoms with Crippen molar-refractivity contribution in [2.24, 2.45) is 5.73 Å². The normalized spacial score (nSPS) is 10.3. The molecule has 0 unspecified atom stereocenters. The van der Waals surface area contributed by atoms with E-state index < -0.39 is 5.91 Å². The molecule has 70 valence electrons. The molecule has 2 N–H and O–H groups in total. The number of fused-ring (bicyclic) bond motifs is 1. The molecule has 0 radical (unpaired) electrons. The Balaban J connectivity index is 2.84. The van der Waals surface area contributed by atoms with Crippen LogP contribution in [0.1, 0.15) is 10.4 Å². The first-order valence-corrected chi connectivity index (χ1v) is 4.83. The van der Waals surface area contributed by atoms with Crippen LogP contribution in [-0.2, 0) is 0 Å². The Kier molecular flexibility index (Phi) is 2.05. The van der Waals surface area contributed by atoms with Gasteiger partial charge in [0.05, 0.1) is 5.56 Å². The quantitative estimate of drug-likeness (QED) is 0.764. The van der Waals surface area contributed by atoms with Crippen LogP contribution in [0, 0.1) is 0 Å². The van der Waals surface area contributed by atoms with Crippen LogP contribution in [-0.4, -0.2) is 5.91 Å². The molecule has 0 saturated heterocycles. The van der Waals surface area contributed by atoms with Gasteiger partial charge >= 0.3 is 0 Å². The van der Waals surface area contributed by atoms with E-state index in [2.05, 4.69) is 0 Å². The molecule has 0 aliphatic rings. The SMILES string of the molecule is NC(=O)c1cc2ccccc2sc1=O. The van der Waals surface area contributed by atoms with Crippen molar-refractivity contribution in [3.05, 3.63) is 45.4 Å². The van der Waals surface area contributed by atoms with E-state index in [1.807, 2.05) is 24.3 Å². The predicted molar refractivity (Wildman–Crippen MR) is 56.6 cm³/mol. The molecule has 0 spiro atoms. The first-order chi connectivity index (χ1) is 6.68. The summed E-state index contributed by atoms with van der Waals surface area (Å²) >= 11 is 1.04. The first-order valence-electron chi connectivity index (χ1n) is 4.01. The number of carbonyl (C=O) groups is 1. The standard InChI is InChI=1S/C10H7NO2S/c11-9(12)7-5-6-3-1-2-4-8(6)14-10(7)13/h1-5H,(H2,11,12). The van der Waals surface area contributed by atoms with E-state index in [1.54, 1.807) is 0 Å². The van der Waals surface area contributed by atoms with Crippen LogP contribution in [0.5, 0.6) is 0 Å². The number of hydrogen-bond donors (Lipinski definition) is 1. The zero-order valence-electron chi connectivity index (χ0n) is 7.19. The van der Waals surface area contributed by atoms with Crippen LogP contribution in [0.3, 0.4) is 0 Å². The summed E-state index contributed by atoms with van der Waals surface area (Å²) in [6.07, 6.45) is 0. The number of hydrogen-bond acceptors (Lipinski definition) is 3. The third-order valence-corrected chi connectivity index (χ3v) is 2.90. The fraction of sp³-hybridized carbons (Fsp3) is 0. The van der Waals surface area contributed by atoms with Gasteiger partial charge in [-0.25, -0.2) is 0 Å². The molecule has 0 bridgehead atoms. The smallest absolute Gasteiger partial charge is 0.253 e. The fourth-order valence-corrected chi connectivity index (χ4v) is 2.09. The van der Waals surface area contributed by atoms with E-state index in [9.17, 15) is 9.59 Å². The topological polar surface area (TPSA) is 60.2 Å². The number of benzene rings is 1. The van der Waals surface area contributed by atoms with Gasteiger partial charge in [0, 0.05) is 4.70 Å². The van der Waals surface area contributed by atoms with Gasteiger partial charge in [0.1, 0.15) is 0 Å². The first kappa shape index (κ1) is 8.90. The van der Waals surface area contributed by atoms with Crippen LogP contribution < -0.4 is 10.5 Å². The summed E-state index contributed by atoms with van der Waals surface area (Å²) < 4.78 is 0.582. The Bertz CT molecular complexity index is 559. The molecule has 3 nitrogen and oxygen atoms in total. The van der Waals surface area contributed by atoms with Crippen LogP contribution in [0.2, 0.25) is 0 Å². The minimum absolute atomic E-state index is 0.0636. The van der Waals surface area contributed by atoms with Crippen molar-refractivity contribution in [2.75, 3.05) is 0 Å². The molecule has 0 saturated carbocycles. The largest absolute Gasteiger partial charge is 0.365 e. The molecule has 2 aromatic rings. The van der Waals surface area contributed by atoms with Crippen molar-refractivity contribution in [3.63, 3.8) is 0 Å². The van der Waals surface area contributed by atoms with E-state index >= 15 is 0 Å². The number of amides is 1. The van der Waals surface area contributed by atoms with E-state index in [-0.39, 0.29) is 10.3 Å². The van der Waals surface area contributed by atoms with Crippen LogP contribution in [0.4, 0.5) is 0 Å². The lowest BCUT2D eigenvalue weighted by atomic mass is 10.2. The van der Waals surface area contributed by atoms with E-state index in [0.29, 0.717) is 0 Å². The summed E-state index contributed by atoms with van der Waals surface area (Å²) in [5, 5.41) is 0.867. The molecule has 0 aliphatic carbocycles. The van der Waals surface area contributed by atoms with Crippen molar-refractivity contribution >= 4 is 27.3 Å². The van der Waals surface area contributed by atoms with E-state index in [4.69, 9.17) is 5.73 Å². The maximum absolute atomic E-state index is 11.4. The molecule has 1 aromatic carbocycles. The Morgan fingerprint density at radius 3 is 2.71 bits per heavy atom. The predicted octanol–water partition coefficient (Wildman–Crippen LogP) is 1.36. The summed E-state index contributed by atoms with van der Waals surface area (Å²) in [4.78, 5) is 22.3. The average Bonchev–Trinajstić information content (AvgIpc) is 2.16. The molecule has 1 heterocycles. The van der Waals surface area contributed by atoms with Gasteiger partial charge < -0.3 is 5.73 Å². The highest BCUT2D eigenvalue weighted by atomic mass is 32.1. The molecule has 4 heteroatoms. The third-order valence-electron chi connectivity index (χ3n) is 1.91. The summed E-state index contributed by atoms with van der Waals surface area (Å²) in [7, 11) is 0. The summed E-state index contributed by atoms with van der Waals surface area (Å²) in [6.45, 7) is 0. The highest BCUT2D eigenvalue weighted by Crippen LogP contribution is 2.16. The van der Waals surface area contributed by atoms with Gasteiger partial charge in [-0.2, -0.15) is 0 Å². The Hall–Kier alpha value is -1.68. The van der Waals surface area contributed by atoms with Gasteiger partial charge in [-0.1, -0.05) is 29.5 Å². The summed E-state index contributed by atoms with van der Waals surface area (Å²) in [5.74, 6) is -0.669. The van der Waals surface area contributed by atoms with E-state index in [1.165, 1.54) is 6.07 Å². The molecule has 0 aliphatic heterocycles. The molecular weight excluding hydrogens is 198 g/mol. The van der Waals surface area contributed by atoms with Crippen molar-refractivity contribution in [1.29, 1.82) is 0 Å². The summed E-state index contributed by atoms with van der Waals surface area (Å²) in [5.41, 5.74) is 5.14. The number of primary amides is 1. The van der Waals surface area contributed by atoms with E-state index in [0.717, 1.165) is 21.4 Å². The highest BCUT2D eigenvalue weighted by molar-refractivity contribution is 7.16. The van der Waals surface area contributed by atoms with Gasteiger partial charge in [0.2, 0.25) is 4.74 Å². The van der Waals surface area contributed by atoms with Gasteiger partial charge in [-0.05, 0) is 17.5 Å². The van der Waals surface area contributed by atoms with Crippen molar-refractivity contribution < 1.29 is 4.79 Å². The zero-order chi connectivity index (χ0) is 10.1. The fourth-order valence-electron chi connectivity index (χ4n) is 1.23. The number of rotatable bonds is 1. The lowest BCUT2D eigenvalue weighted by molar-refractivity contribution is 0.1000. The monoisotopic (exact) mass is 205 g/mol. The number of nitrogens with two attached hydrogens (primary N) is 1. The third kappa shape index (κ3) is 1.40. The average molecular weight is 205 g/mol. The lowest BCUT2D eigenvalue weighted by Crippen LogP contribution is -2.19. The van der Waals surface area contributed by atoms with Gasteiger partial charge in [-0.3, -0.25) is 9.59 Å². The maximum Gasteiger partial charge on any atom is 0.253 e. The van der Waals surface area contributed by atoms with Crippen molar-refractivity contribution in [2.45, 2.75) is 0 Å². The van der Waals surface area contributed by atoms with Crippen LogP contribution in [0.25, 0.3) is 10.1 Å². The molecule has 0 atom stereocenters. The zero-order valence-corrected chi connectivity index (χ0v) is 8.01.